The SMILES string of the molecule is O=C1CC2c3[nH]nc4ccc5c(c34)CC2C5=C1Br. The number of H-pyrrole nitrogens is 1. The second-order valence-corrected chi connectivity index (χ2v) is 6.19. The van der Waals surface area contributed by atoms with Crippen LogP contribution in [0.25, 0.3) is 16.5 Å². The number of hydrogen-bond donors (Lipinski definition) is 1. The van der Waals surface area contributed by atoms with E-state index in [-0.39, 0.29) is 5.78 Å². The Kier molecular flexibility index (Phi) is 1.46. The van der Waals surface area contributed by atoms with Gasteiger partial charge in [-0.1, -0.05) is 6.07 Å². The monoisotopic (exact) mass is 300 g/mol. The molecule has 0 spiro atoms. The molecule has 0 fully saturated rings. The van der Waals surface area contributed by atoms with Crippen molar-refractivity contribution < 1.29 is 4.79 Å². The summed E-state index contributed by atoms with van der Waals surface area (Å²) in [6.45, 7) is 0. The van der Waals surface area contributed by atoms with E-state index in [4.69, 9.17) is 0 Å². The smallest absolute Gasteiger partial charge is 0.170 e. The van der Waals surface area contributed by atoms with E-state index in [0.29, 0.717) is 18.3 Å². The van der Waals surface area contributed by atoms with Gasteiger partial charge in [0.1, 0.15) is 0 Å². The van der Waals surface area contributed by atoms with Crippen LogP contribution in [0, 0.1) is 5.92 Å². The van der Waals surface area contributed by atoms with Crippen LogP contribution in [-0.4, -0.2) is 16.0 Å². The van der Waals surface area contributed by atoms with Gasteiger partial charge in [-0.3, -0.25) is 9.89 Å². The lowest BCUT2D eigenvalue weighted by atomic mass is 9.74. The van der Waals surface area contributed by atoms with E-state index >= 15 is 0 Å². The molecule has 1 aromatic carbocycles. The van der Waals surface area contributed by atoms with E-state index in [2.05, 4.69) is 38.3 Å². The molecule has 5 rings (SSSR count). The molecule has 3 nitrogen and oxygen atoms in total. The molecule has 0 aliphatic heterocycles. The number of aromatic nitrogens is 2. The molecule has 3 aliphatic carbocycles. The standard InChI is InChI=1S/C14H9BrN2O/c15-13-10(18)4-8-7-3-6-5(11(7)13)1-2-9-12(6)14(8)17-16-9/h1-2,7-8H,3-4H2,(H,16,17). The Balaban J connectivity index is 2.05. The summed E-state index contributed by atoms with van der Waals surface area (Å²) >= 11 is 3.51. The van der Waals surface area contributed by atoms with Crippen molar-refractivity contribution >= 4 is 38.2 Å². The fourth-order valence-corrected chi connectivity index (χ4v) is 4.64. The van der Waals surface area contributed by atoms with Crippen LogP contribution < -0.4 is 0 Å². The van der Waals surface area contributed by atoms with E-state index in [1.54, 1.807) is 0 Å². The lowest BCUT2D eigenvalue weighted by molar-refractivity contribution is -0.115. The number of ketones is 1. The molecule has 4 heteroatoms. The third-order valence-electron chi connectivity index (χ3n) is 4.69. The minimum Gasteiger partial charge on any atom is -0.294 e. The van der Waals surface area contributed by atoms with E-state index in [9.17, 15) is 4.79 Å². The normalized spacial score (nSPS) is 27.7. The molecule has 18 heavy (non-hydrogen) atoms. The van der Waals surface area contributed by atoms with Crippen molar-refractivity contribution in [3.05, 3.63) is 33.4 Å². The average molecular weight is 301 g/mol. The molecule has 88 valence electrons. The number of rotatable bonds is 0. The van der Waals surface area contributed by atoms with Crippen molar-refractivity contribution in [1.82, 2.24) is 10.2 Å². The summed E-state index contributed by atoms with van der Waals surface area (Å²) in [7, 11) is 0. The first kappa shape index (κ1) is 9.50. The zero-order valence-corrected chi connectivity index (χ0v) is 11.0. The second kappa shape index (κ2) is 2.77. The van der Waals surface area contributed by atoms with Crippen molar-refractivity contribution in [3.63, 3.8) is 0 Å². The Labute approximate surface area is 111 Å². The number of fused-ring (bicyclic) bond motifs is 1. The fourth-order valence-electron chi connectivity index (χ4n) is 3.97. The van der Waals surface area contributed by atoms with E-state index in [1.165, 1.54) is 27.8 Å². The highest BCUT2D eigenvalue weighted by Crippen LogP contribution is 2.57. The van der Waals surface area contributed by atoms with Crippen LogP contribution in [0.5, 0.6) is 0 Å². The van der Waals surface area contributed by atoms with Gasteiger partial charge in [-0.15, -0.1) is 0 Å². The predicted molar refractivity (Wildman–Crippen MR) is 71.5 cm³/mol. The largest absolute Gasteiger partial charge is 0.294 e. The first-order chi connectivity index (χ1) is 8.75. The van der Waals surface area contributed by atoms with Crippen molar-refractivity contribution in [2.24, 2.45) is 5.92 Å². The summed E-state index contributed by atoms with van der Waals surface area (Å²) in [6.07, 6.45) is 1.67. The maximum Gasteiger partial charge on any atom is 0.170 e. The number of benzene rings is 1. The molecule has 0 saturated heterocycles. The van der Waals surface area contributed by atoms with Crippen LogP contribution in [0.2, 0.25) is 0 Å². The number of hydrogen-bond acceptors (Lipinski definition) is 2. The minimum absolute atomic E-state index is 0.226. The molecule has 6 bridgehead atoms. The summed E-state index contributed by atoms with van der Waals surface area (Å²) in [5.74, 6) is 0.987. The second-order valence-electron chi connectivity index (χ2n) is 5.40. The molecule has 0 amide bonds. The Morgan fingerprint density at radius 3 is 3.06 bits per heavy atom. The number of nitrogens with one attached hydrogen (secondary N) is 1. The van der Waals surface area contributed by atoms with Crippen LogP contribution in [-0.2, 0) is 11.2 Å². The van der Waals surface area contributed by atoms with Crippen LogP contribution in [0.3, 0.4) is 0 Å². The number of allylic oxidation sites excluding steroid dienone is 2. The highest BCUT2D eigenvalue weighted by atomic mass is 79.9. The number of nitrogens with zero attached hydrogens (tertiary/aromatic N) is 1. The first-order valence-corrected chi connectivity index (χ1v) is 6.98. The quantitative estimate of drug-likeness (QED) is 0.813. The molecule has 1 heterocycles. The number of halogens is 1. The van der Waals surface area contributed by atoms with Crippen LogP contribution in [0.1, 0.15) is 29.2 Å². The zero-order valence-electron chi connectivity index (χ0n) is 9.46. The highest BCUT2D eigenvalue weighted by Gasteiger charge is 2.46. The summed E-state index contributed by atoms with van der Waals surface area (Å²) in [5.41, 5.74) is 6.11. The molecule has 0 radical (unpaired) electrons. The number of aromatic amines is 1. The van der Waals surface area contributed by atoms with Gasteiger partial charge < -0.3 is 0 Å². The lowest BCUT2D eigenvalue weighted by Crippen LogP contribution is -2.24. The molecular weight excluding hydrogens is 292 g/mol. The topological polar surface area (TPSA) is 45.8 Å². The van der Waals surface area contributed by atoms with Crippen LogP contribution >= 0.6 is 15.9 Å². The first-order valence-electron chi connectivity index (χ1n) is 6.19. The van der Waals surface area contributed by atoms with Gasteiger partial charge in [0.15, 0.2) is 5.78 Å². The molecule has 2 aromatic rings. The van der Waals surface area contributed by atoms with Crippen LogP contribution in [0.15, 0.2) is 16.6 Å². The lowest BCUT2D eigenvalue weighted by Gasteiger charge is -2.30. The van der Waals surface area contributed by atoms with Gasteiger partial charge >= 0.3 is 0 Å². The zero-order chi connectivity index (χ0) is 12.0. The molecule has 1 N–H and O–H groups in total. The molecule has 3 aliphatic rings. The number of carbonyl (C=O) groups excluding carboxylic acids is 1. The third-order valence-corrected chi connectivity index (χ3v) is 5.55. The van der Waals surface area contributed by atoms with Crippen molar-refractivity contribution in [1.29, 1.82) is 0 Å². The summed E-state index contributed by atoms with van der Waals surface area (Å²) in [5, 5.41) is 8.83. The Hall–Kier alpha value is -1.42. The predicted octanol–water partition coefficient (Wildman–Crippen LogP) is 2.91. The average Bonchev–Trinajstić information content (AvgIpc) is 2.94. The third kappa shape index (κ3) is 0.840. The van der Waals surface area contributed by atoms with Crippen LogP contribution in [0.4, 0.5) is 0 Å². The van der Waals surface area contributed by atoms with E-state index in [1.807, 2.05) is 0 Å². The van der Waals surface area contributed by atoms with Gasteiger partial charge in [0.2, 0.25) is 0 Å². The fraction of sp³-hybridized carbons (Fsp3) is 0.286. The number of carbonyl (C=O) groups is 1. The van der Waals surface area contributed by atoms with Crippen molar-refractivity contribution in [2.75, 3.05) is 0 Å². The summed E-state index contributed by atoms with van der Waals surface area (Å²) in [6, 6.07) is 4.19. The van der Waals surface area contributed by atoms with Gasteiger partial charge in [0.25, 0.3) is 0 Å². The maximum atomic E-state index is 12.1. The molecule has 1 aromatic heterocycles. The van der Waals surface area contributed by atoms with Gasteiger partial charge in [-0.05, 0) is 51.0 Å². The minimum atomic E-state index is 0.226. The molecule has 0 saturated carbocycles. The number of Topliss-reactive ketones (excluding diaryl/α,β-unsaturated/α-hetero) is 1. The molecule has 2 unspecified atom stereocenters. The van der Waals surface area contributed by atoms with Gasteiger partial charge in [-0.25, -0.2) is 0 Å². The molecular formula is C14H9BrN2O. The van der Waals surface area contributed by atoms with Gasteiger partial charge in [-0.2, -0.15) is 5.10 Å². The Bertz CT molecular complexity index is 786. The van der Waals surface area contributed by atoms with E-state index in [0.717, 1.165) is 16.4 Å². The van der Waals surface area contributed by atoms with E-state index < -0.39 is 0 Å². The summed E-state index contributed by atoms with van der Waals surface area (Å²) in [4.78, 5) is 12.1. The highest BCUT2D eigenvalue weighted by molar-refractivity contribution is 9.12. The van der Waals surface area contributed by atoms with Crippen molar-refractivity contribution in [3.8, 4) is 0 Å². The van der Waals surface area contributed by atoms with Crippen molar-refractivity contribution in [2.45, 2.75) is 18.8 Å². The van der Waals surface area contributed by atoms with Gasteiger partial charge in [0.05, 0.1) is 10.00 Å². The Morgan fingerprint density at radius 2 is 2.17 bits per heavy atom. The Morgan fingerprint density at radius 1 is 1.28 bits per heavy atom. The maximum absolute atomic E-state index is 12.1. The molecule has 2 atom stereocenters. The summed E-state index contributed by atoms with van der Waals surface area (Å²) < 4.78 is 0.806. The van der Waals surface area contributed by atoms with Gasteiger partial charge in [0, 0.05) is 23.4 Å².